The van der Waals surface area contributed by atoms with Crippen LogP contribution >= 0.6 is 24.0 Å². The second-order valence-electron chi connectivity index (χ2n) is 7.78. The molecule has 1 aromatic carbocycles. The Balaban J connectivity index is 0.00000450. The molecule has 0 fully saturated rings. The first kappa shape index (κ1) is 25.7. The highest BCUT2D eigenvalue weighted by molar-refractivity contribution is 14.0. The smallest absolute Gasteiger partial charge is 0.412 e. The van der Waals surface area contributed by atoms with Crippen molar-refractivity contribution >= 4 is 41.7 Å². The van der Waals surface area contributed by atoms with Crippen molar-refractivity contribution in [2.45, 2.75) is 46.3 Å². The van der Waals surface area contributed by atoms with Gasteiger partial charge in [0.2, 0.25) is 0 Å². The van der Waals surface area contributed by atoms with Gasteiger partial charge in [-0.25, -0.2) is 4.79 Å². The molecule has 0 aliphatic rings. The van der Waals surface area contributed by atoms with Gasteiger partial charge >= 0.3 is 6.09 Å². The first-order valence-electron chi connectivity index (χ1n) is 9.78. The summed E-state index contributed by atoms with van der Waals surface area (Å²) in [5, 5.41) is 13.6. The SMILES string of the molecule is CN=C(NCCc1ccc(NC(=O)OC(C)(C)C)cc1)NCCn1cc(C)cn1.I. The molecule has 0 aliphatic heterocycles. The van der Waals surface area contributed by atoms with Crippen LogP contribution in [0.2, 0.25) is 0 Å². The summed E-state index contributed by atoms with van der Waals surface area (Å²) in [7, 11) is 1.75. The van der Waals surface area contributed by atoms with Crippen molar-refractivity contribution in [3.05, 3.63) is 47.8 Å². The molecule has 1 amide bonds. The van der Waals surface area contributed by atoms with Crippen LogP contribution in [0.25, 0.3) is 0 Å². The largest absolute Gasteiger partial charge is 0.444 e. The van der Waals surface area contributed by atoms with Gasteiger partial charge in [-0.3, -0.25) is 15.0 Å². The normalized spacial score (nSPS) is 11.4. The van der Waals surface area contributed by atoms with Crippen LogP contribution in [0.15, 0.2) is 41.7 Å². The fraction of sp³-hybridized carbons (Fsp3) is 0.476. The third kappa shape index (κ3) is 9.95. The molecule has 166 valence electrons. The van der Waals surface area contributed by atoms with E-state index in [0.717, 1.165) is 43.1 Å². The molecule has 1 aromatic heterocycles. The van der Waals surface area contributed by atoms with Crippen molar-refractivity contribution in [2.75, 3.05) is 25.5 Å². The molecule has 0 spiro atoms. The van der Waals surface area contributed by atoms with E-state index in [2.05, 4.69) is 26.0 Å². The zero-order chi connectivity index (χ0) is 21.3. The Kier molecular flexibility index (Phi) is 10.6. The lowest BCUT2D eigenvalue weighted by atomic mass is 10.1. The van der Waals surface area contributed by atoms with E-state index >= 15 is 0 Å². The van der Waals surface area contributed by atoms with Crippen LogP contribution in [0.4, 0.5) is 10.5 Å². The number of rotatable bonds is 7. The highest BCUT2D eigenvalue weighted by atomic mass is 127. The van der Waals surface area contributed by atoms with E-state index in [-0.39, 0.29) is 24.0 Å². The average Bonchev–Trinajstić information content (AvgIpc) is 3.05. The van der Waals surface area contributed by atoms with Crippen molar-refractivity contribution in [1.29, 1.82) is 0 Å². The monoisotopic (exact) mass is 528 g/mol. The van der Waals surface area contributed by atoms with Gasteiger partial charge in [0.1, 0.15) is 5.60 Å². The van der Waals surface area contributed by atoms with Crippen molar-refractivity contribution < 1.29 is 9.53 Å². The Bertz CT molecular complexity index is 812. The number of halogens is 1. The third-order valence-electron chi connectivity index (χ3n) is 3.92. The zero-order valence-corrected chi connectivity index (χ0v) is 20.7. The summed E-state index contributed by atoms with van der Waals surface area (Å²) >= 11 is 0. The minimum Gasteiger partial charge on any atom is -0.444 e. The Morgan fingerprint density at radius 1 is 1.17 bits per heavy atom. The second-order valence-corrected chi connectivity index (χ2v) is 7.78. The van der Waals surface area contributed by atoms with E-state index in [9.17, 15) is 4.79 Å². The summed E-state index contributed by atoms with van der Waals surface area (Å²) < 4.78 is 7.16. The predicted octanol–water partition coefficient (Wildman–Crippen LogP) is 3.56. The minimum atomic E-state index is -0.514. The van der Waals surface area contributed by atoms with Gasteiger partial charge in [0.15, 0.2) is 5.96 Å². The van der Waals surface area contributed by atoms with Crippen LogP contribution in [0.5, 0.6) is 0 Å². The molecule has 0 aliphatic carbocycles. The third-order valence-corrected chi connectivity index (χ3v) is 3.92. The van der Waals surface area contributed by atoms with Crippen molar-refractivity contribution in [3.8, 4) is 0 Å². The maximum absolute atomic E-state index is 11.8. The van der Waals surface area contributed by atoms with E-state index in [1.807, 2.05) is 69.0 Å². The summed E-state index contributed by atoms with van der Waals surface area (Å²) in [6.45, 7) is 9.81. The number of nitrogens with zero attached hydrogens (tertiary/aromatic N) is 3. The second kappa shape index (κ2) is 12.4. The summed E-state index contributed by atoms with van der Waals surface area (Å²) in [6.07, 6.45) is 4.25. The van der Waals surface area contributed by atoms with Gasteiger partial charge < -0.3 is 15.4 Å². The number of amides is 1. The average molecular weight is 528 g/mol. The number of aromatic nitrogens is 2. The number of aliphatic imine (C=N–C) groups is 1. The van der Waals surface area contributed by atoms with E-state index in [4.69, 9.17) is 4.74 Å². The van der Waals surface area contributed by atoms with Gasteiger partial charge in [0, 0.05) is 32.0 Å². The summed E-state index contributed by atoms with van der Waals surface area (Å²) in [6, 6.07) is 7.73. The maximum atomic E-state index is 11.8. The summed E-state index contributed by atoms with van der Waals surface area (Å²) in [4.78, 5) is 16.0. The zero-order valence-electron chi connectivity index (χ0n) is 18.4. The van der Waals surface area contributed by atoms with Crippen LogP contribution in [0.3, 0.4) is 0 Å². The number of nitrogens with one attached hydrogen (secondary N) is 3. The van der Waals surface area contributed by atoms with Crippen molar-refractivity contribution in [1.82, 2.24) is 20.4 Å². The first-order valence-corrected chi connectivity index (χ1v) is 9.78. The molecule has 2 rings (SSSR count). The van der Waals surface area contributed by atoms with Gasteiger partial charge in [0.05, 0.1) is 12.7 Å². The van der Waals surface area contributed by atoms with Crippen LogP contribution in [0, 0.1) is 6.92 Å². The number of carbonyl (C=O) groups excluding carboxylic acids is 1. The van der Waals surface area contributed by atoms with Crippen molar-refractivity contribution in [3.63, 3.8) is 0 Å². The van der Waals surface area contributed by atoms with Gasteiger partial charge in [-0.1, -0.05) is 12.1 Å². The predicted molar refractivity (Wildman–Crippen MR) is 132 cm³/mol. The molecule has 9 heteroatoms. The molecule has 8 nitrogen and oxygen atoms in total. The highest BCUT2D eigenvalue weighted by Gasteiger charge is 2.16. The van der Waals surface area contributed by atoms with Gasteiger partial charge in [0.25, 0.3) is 0 Å². The highest BCUT2D eigenvalue weighted by Crippen LogP contribution is 2.13. The summed E-state index contributed by atoms with van der Waals surface area (Å²) in [5.41, 5.74) is 2.51. The van der Waals surface area contributed by atoms with E-state index < -0.39 is 11.7 Å². The Labute approximate surface area is 195 Å². The molecule has 0 saturated heterocycles. The first-order chi connectivity index (χ1) is 13.7. The van der Waals surface area contributed by atoms with Crippen LogP contribution < -0.4 is 16.0 Å². The molecule has 0 unspecified atom stereocenters. The van der Waals surface area contributed by atoms with Crippen molar-refractivity contribution in [2.24, 2.45) is 4.99 Å². The molecule has 0 atom stereocenters. The molecular weight excluding hydrogens is 495 g/mol. The topological polar surface area (TPSA) is 92.6 Å². The summed E-state index contributed by atoms with van der Waals surface area (Å²) in [5.74, 6) is 0.761. The number of anilines is 1. The molecule has 2 aromatic rings. The molecule has 1 heterocycles. The minimum absolute atomic E-state index is 0. The Morgan fingerprint density at radius 2 is 1.83 bits per heavy atom. The van der Waals surface area contributed by atoms with Crippen LogP contribution in [0.1, 0.15) is 31.9 Å². The van der Waals surface area contributed by atoms with Gasteiger partial charge in [-0.2, -0.15) is 5.10 Å². The molecule has 30 heavy (non-hydrogen) atoms. The molecule has 3 N–H and O–H groups in total. The van der Waals surface area contributed by atoms with Gasteiger partial charge in [-0.05, 0) is 57.4 Å². The number of hydrogen-bond acceptors (Lipinski definition) is 4. The van der Waals surface area contributed by atoms with Crippen LogP contribution in [-0.2, 0) is 17.7 Å². The maximum Gasteiger partial charge on any atom is 0.412 e. The molecule has 0 bridgehead atoms. The lowest BCUT2D eigenvalue weighted by molar-refractivity contribution is 0.0636. The van der Waals surface area contributed by atoms with E-state index in [0.29, 0.717) is 5.69 Å². The number of aryl methyl sites for hydroxylation is 1. The van der Waals surface area contributed by atoms with Crippen LogP contribution in [-0.4, -0.2) is 47.6 Å². The number of ether oxygens (including phenoxy) is 1. The lowest BCUT2D eigenvalue weighted by Crippen LogP contribution is -2.39. The van der Waals surface area contributed by atoms with Gasteiger partial charge in [-0.15, -0.1) is 24.0 Å². The number of guanidine groups is 1. The fourth-order valence-corrected chi connectivity index (χ4v) is 2.60. The van der Waals surface area contributed by atoms with E-state index in [1.54, 1.807) is 7.05 Å². The fourth-order valence-electron chi connectivity index (χ4n) is 2.60. The molecular formula is C21H33IN6O2. The Morgan fingerprint density at radius 3 is 2.40 bits per heavy atom. The molecule has 0 saturated carbocycles. The lowest BCUT2D eigenvalue weighted by Gasteiger charge is -2.19. The standard InChI is InChI=1S/C21H32N6O2.HI/c1-16-14-25-27(15-16)13-12-24-19(22-5)23-11-10-17-6-8-18(9-7-17)26-20(28)29-21(2,3)4;/h6-9,14-15H,10-13H2,1-5H3,(H,26,28)(H2,22,23,24);1H. The number of benzene rings is 1. The number of carbonyl (C=O) groups is 1. The molecule has 0 radical (unpaired) electrons. The quantitative estimate of drug-likeness (QED) is 0.291. The number of hydrogen-bond donors (Lipinski definition) is 3. The Hall–Kier alpha value is -2.30. The van der Waals surface area contributed by atoms with E-state index in [1.165, 1.54) is 0 Å².